The van der Waals surface area contributed by atoms with Gasteiger partial charge in [0.05, 0.1) is 6.00 Å². The van der Waals surface area contributed by atoms with Gasteiger partial charge < -0.3 is 0 Å². The van der Waals surface area contributed by atoms with Crippen LogP contribution < -0.4 is 10.9 Å². The number of hydrazine groups is 1. The fourth-order valence-electron chi connectivity index (χ4n) is 2.05. The third-order valence-corrected chi connectivity index (χ3v) is 3.09. The molecule has 0 saturated carbocycles. The highest BCUT2D eigenvalue weighted by Gasteiger charge is 2.32. The van der Waals surface area contributed by atoms with E-state index in [1.165, 1.54) is 0 Å². The van der Waals surface area contributed by atoms with Crippen LogP contribution in [0.15, 0.2) is 65.7 Å². The molecule has 0 aliphatic rings. The predicted octanol–water partition coefficient (Wildman–Crippen LogP) is 2.88. The van der Waals surface area contributed by atoms with Crippen molar-refractivity contribution in [3.8, 4) is 0 Å². The molecule has 0 fully saturated rings. The third-order valence-electron chi connectivity index (χ3n) is 2.96. The molecule has 0 spiro atoms. The lowest BCUT2D eigenvalue weighted by Gasteiger charge is -2.31. The van der Waals surface area contributed by atoms with Crippen LogP contribution >= 0.6 is 11.6 Å². The van der Waals surface area contributed by atoms with Crippen molar-refractivity contribution in [1.82, 2.24) is 10.9 Å². The van der Waals surface area contributed by atoms with Gasteiger partial charge in [0, 0.05) is 0 Å². The molecule has 2 rings (SSSR count). The average molecular weight is 274 g/mol. The molecule has 0 radical (unpaired) electrons. The molecule has 98 valence electrons. The maximum atomic E-state index is 5.70. The van der Waals surface area contributed by atoms with Crippen LogP contribution in [-0.2, 0) is 5.66 Å². The van der Waals surface area contributed by atoms with Gasteiger partial charge in [-0.25, -0.2) is 10.9 Å². The Bertz CT molecular complexity index is 474. The van der Waals surface area contributed by atoms with Crippen molar-refractivity contribution >= 4 is 18.3 Å². The minimum absolute atomic E-state index is 0.275. The van der Waals surface area contributed by atoms with Crippen LogP contribution in [0.2, 0.25) is 0 Å². The van der Waals surface area contributed by atoms with Crippen LogP contribution in [0.4, 0.5) is 0 Å². The molecule has 0 amide bonds. The summed E-state index contributed by atoms with van der Waals surface area (Å²) in [6, 6.07) is 20.1. The molecule has 3 nitrogen and oxygen atoms in total. The van der Waals surface area contributed by atoms with E-state index in [1.807, 2.05) is 60.7 Å². The molecule has 2 N–H and O–H groups in total. The SMILES string of the molecule is C=NC(NNCCl)(c1ccccc1)c1ccccc1. The van der Waals surface area contributed by atoms with E-state index in [9.17, 15) is 0 Å². The minimum Gasteiger partial charge on any atom is -0.268 e. The Kier molecular flexibility index (Phi) is 4.68. The third kappa shape index (κ3) is 2.84. The van der Waals surface area contributed by atoms with Gasteiger partial charge in [0.1, 0.15) is 0 Å². The summed E-state index contributed by atoms with van der Waals surface area (Å²) < 4.78 is 0. The number of nitrogens with one attached hydrogen (secondary N) is 2. The highest BCUT2D eigenvalue weighted by atomic mass is 35.5. The largest absolute Gasteiger partial charge is 0.268 e. The first kappa shape index (κ1) is 13.7. The summed E-state index contributed by atoms with van der Waals surface area (Å²) >= 11 is 5.70. The molecule has 0 atom stereocenters. The molecule has 0 saturated heterocycles. The van der Waals surface area contributed by atoms with Gasteiger partial charge >= 0.3 is 0 Å². The summed E-state index contributed by atoms with van der Waals surface area (Å²) in [5.41, 5.74) is 7.31. The molecular formula is C15H16ClN3. The molecule has 4 heteroatoms. The fourth-order valence-corrected chi connectivity index (χ4v) is 2.12. The molecule has 19 heavy (non-hydrogen) atoms. The maximum absolute atomic E-state index is 5.70. The number of nitrogens with zero attached hydrogens (tertiary/aromatic N) is 1. The lowest BCUT2D eigenvalue weighted by molar-refractivity contribution is 0.370. The van der Waals surface area contributed by atoms with Crippen LogP contribution in [0.3, 0.4) is 0 Å². The Morgan fingerprint density at radius 1 is 0.947 bits per heavy atom. The van der Waals surface area contributed by atoms with Crippen LogP contribution in [-0.4, -0.2) is 12.7 Å². The molecule has 0 bridgehead atoms. The smallest absolute Gasteiger partial charge is 0.173 e. The number of hydrogen-bond donors (Lipinski definition) is 2. The Labute approximate surface area is 118 Å². The number of rotatable bonds is 6. The van der Waals surface area contributed by atoms with Crippen LogP contribution in [0, 0.1) is 0 Å². The predicted molar refractivity (Wildman–Crippen MR) is 80.2 cm³/mol. The van der Waals surface area contributed by atoms with Crippen LogP contribution in [0.1, 0.15) is 11.1 Å². The lowest BCUT2D eigenvalue weighted by Crippen LogP contribution is -2.49. The van der Waals surface area contributed by atoms with E-state index >= 15 is 0 Å². The van der Waals surface area contributed by atoms with E-state index in [2.05, 4.69) is 22.6 Å². The fraction of sp³-hybridized carbons (Fsp3) is 0.133. The zero-order valence-electron chi connectivity index (χ0n) is 10.5. The number of alkyl halides is 1. The van der Waals surface area contributed by atoms with Crippen molar-refractivity contribution in [3.05, 3.63) is 71.8 Å². The monoisotopic (exact) mass is 273 g/mol. The molecule has 0 aliphatic heterocycles. The van der Waals surface area contributed by atoms with Gasteiger partial charge in [-0.3, -0.25) is 4.99 Å². The standard InChI is InChI=1S/C15H16ClN3/c1-17-15(19-18-12-16,13-8-4-2-5-9-13)14-10-6-3-7-11-14/h2-11,18-19H,1,12H2. The summed E-state index contributed by atoms with van der Waals surface area (Å²) in [7, 11) is 0. The van der Waals surface area contributed by atoms with Crippen molar-refractivity contribution in [2.45, 2.75) is 5.66 Å². The molecule has 0 heterocycles. The van der Waals surface area contributed by atoms with E-state index in [4.69, 9.17) is 11.6 Å². The van der Waals surface area contributed by atoms with Crippen LogP contribution in [0.25, 0.3) is 0 Å². The number of aliphatic imine (C=N–C) groups is 1. The quantitative estimate of drug-likeness (QED) is 0.367. The molecule has 0 aliphatic carbocycles. The molecular weight excluding hydrogens is 258 g/mol. The van der Waals surface area contributed by atoms with Gasteiger partial charge in [-0.2, -0.15) is 0 Å². The Balaban J connectivity index is 2.51. The Morgan fingerprint density at radius 3 is 1.79 bits per heavy atom. The van der Waals surface area contributed by atoms with Crippen LogP contribution in [0.5, 0.6) is 0 Å². The summed E-state index contributed by atoms with van der Waals surface area (Å²) in [6.07, 6.45) is 0. The van der Waals surface area contributed by atoms with Gasteiger partial charge in [-0.1, -0.05) is 60.7 Å². The van der Waals surface area contributed by atoms with Gasteiger partial charge in [-0.15, -0.1) is 11.6 Å². The summed E-state index contributed by atoms with van der Waals surface area (Å²) in [5.74, 6) is 0. The summed E-state index contributed by atoms with van der Waals surface area (Å²) in [5, 5.41) is 0. The van der Waals surface area contributed by atoms with Crippen molar-refractivity contribution in [3.63, 3.8) is 0 Å². The number of benzene rings is 2. The van der Waals surface area contributed by atoms with Gasteiger partial charge in [0.15, 0.2) is 5.66 Å². The van der Waals surface area contributed by atoms with Crippen molar-refractivity contribution in [2.24, 2.45) is 4.99 Å². The maximum Gasteiger partial charge on any atom is 0.173 e. The van der Waals surface area contributed by atoms with Crippen molar-refractivity contribution in [1.29, 1.82) is 0 Å². The van der Waals surface area contributed by atoms with E-state index in [-0.39, 0.29) is 6.00 Å². The minimum atomic E-state index is -0.753. The zero-order valence-corrected chi connectivity index (χ0v) is 11.3. The highest BCUT2D eigenvalue weighted by Crippen LogP contribution is 2.30. The first-order chi connectivity index (χ1) is 9.33. The normalized spacial score (nSPS) is 11.2. The summed E-state index contributed by atoms with van der Waals surface area (Å²) in [6.45, 7) is 3.74. The second kappa shape index (κ2) is 6.48. The average Bonchev–Trinajstić information content (AvgIpc) is 2.51. The zero-order chi connectivity index (χ0) is 13.6. The number of hydrogen-bond acceptors (Lipinski definition) is 3. The van der Waals surface area contributed by atoms with E-state index in [0.29, 0.717) is 0 Å². The van der Waals surface area contributed by atoms with Gasteiger partial charge in [-0.05, 0) is 17.8 Å². The Hall–Kier alpha value is -1.68. The Morgan fingerprint density at radius 2 is 1.42 bits per heavy atom. The first-order valence-corrected chi connectivity index (χ1v) is 6.52. The van der Waals surface area contributed by atoms with E-state index < -0.39 is 5.66 Å². The van der Waals surface area contributed by atoms with Gasteiger partial charge in [0.25, 0.3) is 0 Å². The number of halogens is 1. The van der Waals surface area contributed by atoms with E-state index in [0.717, 1.165) is 11.1 Å². The van der Waals surface area contributed by atoms with Crippen molar-refractivity contribution in [2.75, 3.05) is 6.00 Å². The summed E-state index contributed by atoms with van der Waals surface area (Å²) in [4.78, 5) is 4.32. The second-order valence-corrected chi connectivity index (χ2v) is 4.30. The molecule has 2 aromatic carbocycles. The van der Waals surface area contributed by atoms with E-state index in [1.54, 1.807) is 0 Å². The lowest BCUT2D eigenvalue weighted by atomic mass is 9.92. The molecule has 0 unspecified atom stereocenters. The molecule has 2 aromatic rings. The topological polar surface area (TPSA) is 36.4 Å². The van der Waals surface area contributed by atoms with Crippen molar-refractivity contribution < 1.29 is 0 Å². The highest BCUT2D eigenvalue weighted by molar-refractivity contribution is 6.17. The second-order valence-electron chi connectivity index (χ2n) is 4.04. The van der Waals surface area contributed by atoms with Gasteiger partial charge in [0.2, 0.25) is 0 Å². The first-order valence-electron chi connectivity index (χ1n) is 5.98. The molecule has 0 aromatic heterocycles.